The Morgan fingerprint density at radius 3 is 2.70 bits per heavy atom. The molecule has 3 rings (SSSR count). The zero-order valence-electron chi connectivity index (χ0n) is 17.6. The van der Waals surface area contributed by atoms with Crippen molar-refractivity contribution in [1.82, 2.24) is 15.3 Å². The molecule has 6 N–H and O–H groups in total. The molecule has 0 spiro atoms. The lowest BCUT2D eigenvalue weighted by atomic mass is 10.0. The number of nitrogens with zero attached hydrogens (tertiary/aromatic N) is 2. The second kappa shape index (κ2) is 10.5. The lowest BCUT2D eigenvalue weighted by Gasteiger charge is -2.34. The van der Waals surface area contributed by atoms with Crippen molar-refractivity contribution in [1.29, 1.82) is 0 Å². The maximum atomic E-state index is 14.8. The Labute approximate surface area is 202 Å². The van der Waals surface area contributed by atoms with E-state index in [0.29, 0.717) is 23.8 Å². The normalized spacial score (nSPS) is 18.9. The van der Waals surface area contributed by atoms with E-state index in [0.717, 1.165) is 11.3 Å². The van der Waals surface area contributed by atoms with Gasteiger partial charge in [-0.3, -0.25) is 4.79 Å². The van der Waals surface area contributed by atoms with Crippen molar-refractivity contribution >= 4 is 51.5 Å². The molecule has 1 fully saturated rings. The number of H-pyrrole nitrogens is 1. The van der Waals surface area contributed by atoms with Crippen molar-refractivity contribution in [2.75, 3.05) is 37.8 Å². The SMILES string of the molecule is Cc1[nH]c(C(=O)N[C@@H]2CCN(c3ncc(C(=O)OCC(N)(CO)CO)s3)C[C@@H]2F)c(Cl)c1Cl. The van der Waals surface area contributed by atoms with Crippen LogP contribution in [0.3, 0.4) is 0 Å². The van der Waals surface area contributed by atoms with Crippen molar-refractivity contribution in [3.8, 4) is 0 Å². The van der Waals surface area contributed by atoms with Gasteiger partial charge in [0.05, 0.1) is 47.6 Å². The number of halogens is 3. The molecule has 0 aromatic carbocycles. The van der Waals surface area contributed by atoms with E-state index in [-0.39, 0.29) is 33.8 Å². The number of alkyl halides is 1. The van der Waals surface area contributed by atoms with Crippen molar-refractivity contribution in [2.45, 2.75) is 31.1 Å². The zero-order chi connectivity index (χ0) is 24.3. The zero-order valence-corrected chi connectivity index (χ0v) is 19.9. The number of nitrogens with one attached hydrogen (secondary N) is 2. The molecule has 1 amide bonds. The number of nitrogens with two attached hydrogens (primary N) is 1. The number of aliphatic hydroxyl groups is 2. The summed E-state index contributed by atoms with van der Waals surface area (Å²) < 4.78 is 19.9. The van der Waals surface area contributed by atoms with Gasteiger partial charge < -0.3 is 35.9 Å². The second-order valence-corrected chi connectivity index (χ2v) is 9.61. The van der Waals surface area contributed by atoms with Crippen LogP contribution in [0.1, 0.15) is 32.3 Å². The number of hydrogen-bond acceptors (Lipinski definition) is 9. The third-order valence-corrected chi connectivity index (χ3v) is 7.21. The number of aromatic amines is 1. The van der Waals surface area contributed by atoms with E-state index >= 15 is 0 Å². The van der Waals surface area contributed by atoms with E-state index in [9.17, 15) is 14.0 Å². The number of ether oxygens (including phenoxy) is 1. The fourth-order valence-electron chi connectivity index (χ4n) is 3.14. The molecule has 182 valence electrons. The predicted molar refractivity (Wildman–Crippen MR) is 122 cm³/mol. The maximum Gasteiger partial charge on any atom is 0.350 e. The number of aliphatic hydroxyl groups excluding tert-OH is 2. The van der Waals surface area contributed by atoms with Gasteiger partial charge in [0.25, 0.3) is 5.91 Å². The Hall–Kier alpha value is -1.96. The molecule has 0 unspecified atom stereocenters. The number of carbonyl (C=O) groups excluding carboxylic acids is 2. The molecule has 0 saturated carbocycles. The number of anilines is 1. The Morgan fingerprint density at radius 1 is 1.42 bits per heavy atom. The molecule has 14 heteroatoms. The minimum absolute atomic E-state index is 0.0356. The maximum absolute atomic E-state index is 14.8. The fraction of sp³-hybridized carbons (Fsp3) is 0.526. The first kappa shape index (κ1) is 25.7. The highest BCUT2D eigenvalue weighted by Crippen LogP contribution is 2.30. The van der Waals surface area contributed by atoms with Crippen LogP contribution in [0.4, 0.5) is 9.52 Å². The van der Waals surface area contributed by atoms with Crippen molar-refractivity contribution in [3.05, 3.63) is 32.5 Å². The first-order valence-corrected chi connectivity index (χ1v) is 11.5. The first-order valence-electron chi connectivity index (χ1n) is 9.95. The molecule has 1 aliphatic rings. The lowest BCUT2D eigenvalue weighted by molar-refractivity contribution is 0.0214. The quantitative estimate of drug-likeness (QED) is 0.324. The Morgan fingerprint density at radius 2 is 2.12 bits per heavy atom. The Balaban J connectivity index is 1.56. The van der Waals surface area contributed by atoms with Gasteiger partial charge in [0.1, 0.15) is 23.3 Å². The number of amides is 1. The number of piperidine rings is 1. The minimum Gasteiger partial charge on any atom is -0.459 e. The summed E-state index contributed by atoms with van der Waals surface area (Å²) >= 11 is 13.1. The van der Waals surface area contributed by atoms with Crippen LogP contribution in [0, 0.1) is 6.92 Å². The van der Waals surface area contributed by atoms with Crippen molar-refractivity contribution in [2.24, 2.45) is 5.73 Å². The van der Waals surface area contributed by atoms with Crippen LogP contribution in [0.2, 0.25) is 10.0 Å². The summed E-state index contributed by atoms with van der Waals surface area (Å²) in [4.78, 5) is 33.5. The first-order chi connectivity index (χ1) is 15.6. The highest BCUT2D eigenvalue weighted by atomic mass is 35.5. The van der Waals surface area contributed by atoms with Crippen LogP contribution in [0.25, 0.3) is 0 Å². The molecular formula is C19H24Cl2FN5O5S. The topological polar surface area (TPSA) is 154 Å². The van der Waals surface area contributed by atoms with Gasteiger partial charge in [-0.2, -0.15) is 0 Å². The highest BCUT2D eigenvalue weighted by Gasteiger charge is 2.33. The number of thiazole rings is 1. The van der Waals surface area contributed by atoms with E-state index in [2.05, 4.69) is 15.3 Å². The molecule has 3 heterocycles. The van der Waals surface area contributed by atoms with E-state index in [1.165, 1.54) is 6.20 Å². The van der Waals surface area contributed by atoms with Crippen molar-refractivity contribution < 1.29 is 28.9 Å². The van der Waals surface area contributed by atoms with Gasteiger partial charge in [0.2, 0.25) is 0 Å². The van der Waals surface area contributed by atoms with Crippen LogP contribution in [-0.2, 0) is 4.74 Å². The standard InChI is InChI=1S/C19H24Cl2FN5O5S/c1-9-13(20)14(21)15(25-9)16(30)26-11-2-3-27(5-10(11)22)18-24-4-12(33-18)17(31)32-8-19(23,6-28)7-29/h4,10-11,25,28-29H,2-3,5-8,23H2,1H3,(H,26,30)/t10-,11+/m0/s1. The number of aromatic nitrogens is 2. The van der Waals surface area contributed by atoms with Crippen LogP contribution >= 0.6 is 34.5 Å². The summed E-state index contributed by atoms with van der Waals surface area (Å²) in [5, 5.41) is 21.7. The molecule has 1 aliphatic heterocycles. The average Bonchev–Trinajstić information content (AvgIpc) is 3.40. The molecular weight excluding hydrogens is 500 g/mol. The smallest absolute Gasteiger partial charge is 0.350 e. The average molecular weight is 524 g/mol. The number of hydrogen-bond donors (Lipinski definition) is 5. The highest BCUT2D eigenvalue weighted by molar-refractivity contribution is 7.17. The fourth-order valence-corrected chi connectivity index (χ4v) is 4.40. The van der Waals surface area contributed by atoms with Gasteiger partial charge in [-0.05, 0) is 13.3 Å². The molecule has 0 radical (unpaired) electrons. The van der Waals surface area contributed by atoms with Crippen LogP contribution < -0.4 is 16.0 Å². The summed E-state index contributed by atoms with van der Waals surface area (Å²) in [6.45, 7) is 0.538. The lowest BCUT2D eigenvalue weighted by Crippen LogP contribution is -2.52. The van der Waals surface area contributed by atoms with E-state index in [1.54, 1.807) is 11.8 Å². The molecule has 2 aromatic rings. The van der Waals surface area contributed by atoms with Gasteiger partial charge in [-0.1, -0.05) is 34.5 Å². The van der Waals surface area contributed by atoms with E-state index in [4.69, 9.17) is 43.9 Å². The molecule has 33 heavy (non-hydrogen) atoms. The summed E-state index contributed by atoms with van der Waals surface area (Å²) in [6.07, 6.45) is 0.220. The molecule has 2 aromatic heterocycles. The van der Waals surface area contributed by atoms with E-state index in [1.807, 2.05) is 0 Å². The predicted octanol–water partition coefficient (Wildman–Crippen LogP) is 1.27. The number of esters is 1. The van der Waals surface area contributed by atoms with Crippen molar-refractivity contribution in [3.63, 3.8) is 0 Å². The second-order valence-electron chi connectivity index (χ2n) is 7.85. The summed E-state index contributed by atoms with van der Waals surface area (Å²) in [5.74, 6) is -1.26. The molecule has 0 aliphatic carbocycles. The summed E-state index contributed by atoms with van der Waals surface area (Å²) in [5.41, 5.74) is 4.86. The van der Waals surface area contributed by atoms with Crippen LogP contribution in [-0.4, -0.2) is 82.7 Å². The third kappa shape index (κ3) is 5.76. The molecule has 10 nitrogen and oxygen atoms in total. The van der Waals surface area contributed by atoms with Gasteiger partial charge in [0.15, 0.2) is 5.13 Å². The summed E-state index contributed by atoms with van der Waals surface area (Å²) in [7, 11) is 0. The number of carbonyl (C=O) groups is 2. The summed E-state index contributed by atoms with van der Waals surface area (Å²) in [6, 6.07) is -0.730. The minimum atomic E-state index is -1.44. The largest absolute Gasteiger partial charge is 0.459 e. The molecule has 1 saturated heterocycles. The third-order valence-electron chi connectivity index (χ3n) is 5.22. The number of rotatable bonds is 8. The van der Waals surface area contributed by atoms with E-state index < -0.39 is 42.8 Å². The Bertz CT molecular complexity index is 1010. The number of aryl methyl sites for hydroxylation is 1. The monoisotopic (exact) mass is 523 g/mol. The van der Waals surface area contributed by atoms with Gasteiger partial charge in [-0.15, -0.1) is 0 Å². The van der Waals surface area contributed by atoms with Gasteiger partial charge in [-0.25, -0.2) is 14.2 Å². The van der Waals surface area contributed by atoms with Crippen LogP contribution in [0.15, 0.2) is 6.20 Å². The Kier molecular flexibility index (Phi) is 8.19. The van der Waals surface area contributed by atoms with Gasteiger partial charge in [0, 0.05) is 12.2 Å². The molecule has 0 bridgehead atoms. The van der Waals surface area contributed by atoms with Gasteiger partial charge >= 0.3 is 5.97 Å². The van der Waals surface area contributed by atoms with Crippen LogP contribution in [0.5, 0.6) is 0 Å². The molecule has 2 atom stereocenters.